The Morgan fingerprint density at radius 1 is 0.531 bits per heavy atom. The highest BCUT2D eigenvalue weighted by Crippen LogP contribution is 2.31. The van der Waals surface area contributed by atoms with Gasteiger partial charge in [0.15, 0.2) is 5.96 Å². The van der Waals surface area contributed by atoms with Crippen LogP contribution in [0.4, 0.5) is 0 Å². The van der Waals surface area contributed by atoms with E-state index in [-0.39, 0.29) is 161 Å². The molecular formula is C97H147N23O21S2. The van der Waals surface area contributed by atoms with Gasteiger partial charge in [-0.1, -0.05) is 142 Å². The predicted octanol–water partition coefficient (Wildman–Crippen LogP) is -1.53. The third-order valence-electron chi connectivity index (χ3n) is 26.0. The SMILES string of the molecule is CCCC[C@@H]1NC(=O)[C@H](CCCCN)NC(=O)[C@H](CCCNC(=N)N)NC(=O)[C@H](CC(C)C)NC(=O)C(NC(=O)[C@H](Cc2cccc3ccccc23)NC(=O)[C@@H]2CCCN2C(=O)[C@@H](NC(C)=O)C(C)C)CCSSC[C@@H](C(=O)NC(CCCCN)C(=O)N2CCC[C@H]2C(=O)N2CCC[C@H]2C(=O)N[C@@H](CCC(=O)O)C(N)=O)NC(=O)[C@H](Cc2ccccc2)NC(=O)[C@H](CO)NC(=O)C(C)NC(=O)[C@@H]2CCCN2C1=O. The minimum absolute atomic E-state index is 0.00715. The molecule has 0 aromatic heterocycles. The molecule has 17 atom stereocenters. The molecule has 3 aromatic carbocycles. The number of hydrogen-bond acceptors (Lipinski definition) is 25. The maximum Gasteiger partial charge on any atom is 0.303 e. The van der Waals surface area contributed by atoms with E-state index in [0.717, 1.165) is 27.0 Å². The Balaban J connectivity index is 1.23. The first-order valence-electron chi connectivity index (χ1n) is 49.8. The van der Waals surface area contributed by atoms with Gasteiger partial charge in [-0.05, 0) is 182 Å². The van der Waals surface area contributed by atoms with Gasteiger partial charge in [-0.2, -0.15) is 0 Å². The first-order chi connectivity index (χ1) is 68.3. The van der Waals surface area contributed by atoms with E-state index in [1.807, 2.05) is 31.2 Å². The van der Waals surface area contributed by atoms with Gasteiger partial charge < -0.3 is 127 Å². The first kappa shape index (κ1) is 116. The van der Waals surface area contributed by atoms with Gasteiger partial charge in [0.2, 0.25) is 106 Å². The number of unbranched alkanes of at least 4 members (excludes halogenated alkanes) is 3. The number of carboxylic acid groups (broad SMARTS) is 1. The lowest BCUT2D eigenvalue weighted by atomic mass is 9.97. The number of amides is 18. The number of fused-ring (bicyclic) bond motifs is 2. The number of carbonyl (C=O) groups is 19. The van der Waals surface area contributed by atoms with Gasteiger partial charge in [0.05, 0.1) is 6.61 Å². The zero-order valence-electron chi connectivity index (χ0n) is 82.7. The summed E-state index contributed by atoms with van der Waals surface area (Å²) in [6.07, 6.45) is 1.93. The van der Waals surface area contributed by atoms with Gasteiger partial charge in [0, 0.05) is 70.4 Å². The number of aliphatic hydroxyl groups is 1. The summed E-state index contributed by atoms with van der Waals surface area (Å²) in [6, 6.07) is -3.30. The van der Waals surface area contributed by atoms with Crippen LogP contribution in [0.3, 0.4) is 0 Å². The molecule has 46 heteroatoms. The predicted molar refractivity (Wildman–Crippen MR) is 535 cm³/mol. The summed E-state index contributed by atoms with van der Waals surface area (Å²) in [7, 11) is 1.96. The number of benzene rings is 3. The van der Waals surface area contributed by atoms with Crippen LogP contribution in [0.5, 0.6) is 0 Å². The van der Waals surface area contributed by atoms with Gasteiger partial charge in [-0.25, -0.2) is 0 Å². The van der Waals surface area contributed by atoms with Crippen molar-refractivity contribution >= 4 is 151 Å². The van der Waals surface area contributed by atoms with Crippen molar-refractivity contribution in [1.29, 1.82) is 5.41 Å². The molecule has 143 heavy (non-hydrogen) atoms. The summed E-state index contributed by atoms with van der Waals surface area (Å²) in [6.45, 7) is 10.9. The average Bonchev–Trinajstić information content (AvgIpc) is 1.63. The molecule has 0 bridgehead atoms. The zero-order chi connectivity index (χ0) is 105. The lowest BCUT2D eigenvalue weighted by Crippen LogP contribution is -2.61. The van der Waals surface area contributed by atoms with Gasteiger partial charge in [0.25, 0.3) is 0 Å². The fourth-order valence-corrected chi connectivity index (χ4v) is 20.5. The van der Waals surface area contributed by atoms with E-state index in [4.69, 9.17) is 28.3 Å². The summed E-state index contributed by atoms with van der Waals surface area (Å²) in [5.41, 5.74) is 24.3. The second-order valence-electron chi connectivity index (χ2n) is 37.9. The Hall–Kier alpha value is -12.3. The summed E-state index contributed by atoms with van der Waals surface area (Å²) < 4.78 is 0. The van der Waals surface area contributed by atoms with Crippen LogP contribution < -0.4 is 97.4 Å². The topological polar surface area (TPSA) is 674 Å². The number of carboxylic acids is 1. The lowest BCUT2D eigenvalue weighted by Gasteiger charge is -2.33. The Morgan fingerprint density at radius 2 is 1.08 bits per heavy atom. The smallest absolute Gasteiger partial charge is 0.303 e. The molecular weight excluding hydrogens is 1890 g/mol. The molecule has 44 nitrogen and oxygen atoms in total. The van der Waals surface area contributed by atoms with Crippen molar-refractivity contribution in [3.63, 3.8) is 0 Å². The average molecular weight is 2040 g/mol. The van der Waals surface area contributed by atoms with Gasteiger partial charge >= 0.3 is 5.97 Å². The number of nitrogens with zero attached hydrogens (tertiary/aromatic N) is 4. The number of nitrogens with two attached hydrogens (primary N) is 4. The highest BCUT2D eigenvalue weighted by Gasteiger charge is 2.48. The van der Waals surface area contributed by atoms with Gasteiger partial charge in [-0.3, -0.25) is 96.5 Å². The molecule has 5 heterocycles. The van der Waals surface area contributed by atoms with Crippen LogP contribution in [0.15, 0.2) is 72.8 Å². The number of aliphatic carboxylic acids is 1. The van der Waals surface area contributed by atoms with Crippen molar-refractivity contribution in [1.82, 2.24) is 94.0 Å². The summed E-state index contributed by atoms with van der Waals surface area (Å²) in [4.78, 5) is 283. The Bertz CT molecular complexity index is 4920. The molecule has 0 saturated carbocycles. The molecule has 0 aliphatic carbocycles. The van der Waals surface area contributed by atoms with Crippen molar-refractivity contribution < 1.29 is 101 Å². The number of aliphatic hydroxyl groups excluding tert-OH is 1. The number of primary amides is 1. The van der Waals surface area contributed by atoms with Crippen molar-refractivity contribution in [2.24, 2.45) is 34.8 Å². The van der Waals surface area contributed by atoms with E-state index in [9.17, 15) is 58.2 Å². The maximum atomic E-state index is 15.9. The van der Waals surface area contributed by atoms with E-state index in [0.29, 0.717) is 61.5 Å². The fraction of sp³-hybridized carbons (Fsp3) is 0.629. The molecule has 5 aliphatic heterocycles. The molecule has 5 fully saturated rings. The first-order valence-corrected chi connectivity index (χ1v) is 52.3. The number of nitrogens with one attached hydrogen (secondary N) is 15. The molecule has 3 aromatic rings. The van der Waals surface area contributed by atoms with Crippen LogP contribution in [-0.2, 0) is 104 Å². The monoisotopic (exact) mass is 2030 g/mol. The lowest BCUT2D eigenvalue weighted by molar-refractivity contribution is -0.148. The molecule has 25 N–H and O–H groups in total. The van der Waals surface area contributed by atoms with E-state index >= 15 is 43.2 Å². The minimum Gasteiger partial charge on any atom is -0.481 e. The second kappa shape index (κ2) is 58.5. The highest BCUT2D eigenvalue weighted by molar-refractivity contribution is 8.76. The summed E-state index contributed by atoms with van der Waals surface area (Å²) >= 11 is 0. The largest absolute Gasteiger partial charge is 0.481 e. The second-order valence-corrected chi connectivity index (χ2v) is 40.5. The summed E-state index contributed by atoms with van der Waals surface area (Å²) in [5.74, 6) is -18.1. The number of carbonyl (C=O) groups excluding carboxylic acids is 18. The van der Waals surface area contributed by atoms with E-state index < -0.39 is 252 Å². The van der Waals surface area contributed by atoms with Gasteiger partial charge in [-0.15, -0.1) is 0 Å². The van der Waals surface area contributed by atoms with Crippen molar-refractivity contribution in [2.45, 2.75) is 312 Å². The number of likely N-dealkylation sites (tertiary alicyclic amines) is 3. The molecule has 3 unspecified atom stereocenters. The quantitative estimate of drug-likeness (QED) is 0.0133. The van der Waals surface area contributed by atoms with Crippen molar-refractivity contribution in [3.8, 4) is 0 Å². The minimum atomic E-state index is -1.84. The van der Waals surface area contributed by atoms with E-state index in [1.54, 1.807) is 76.2 Å². The highest BCUT2D eigenvalue weighted by atomic mass is 33.1. The zero-order valence-corrected chi connectivity index (χ0v) is 84.3. The van der Waals surface area contributed by atoms with E-state index in [1.165, 1.54) is 33.4 Å². The third-order valence-corrected chi connectivity index (χ3v) is 28.4. The molecule has 0 spiro atoms. The van der Waals surface area contributed by atoms with E-state index in [2.05, 4.69) is 74.4 Å². The Morgan fingerprint density at radius 3 is 1.71 bits per heavy atom. The van der Waals surface area contributed by atoms with Crippen LogP contribution in [-0.4, -0.2) is 315 Å². The molecule has 8 rings (SSSR count). The van der Waals surface area contributed by atoms with Crippen LogP contribution >= 0.6 is 21.6 Å². The maximum absolute atomic E-state index is 15.9. The summed E-state index contributed by atoms with van der Waals surface area (Å²) in [5, 5.41) is 67.9. The third kappa shape index (κ3) is 35.3. The van der Waals surface area contributed by atoms with Crippen LogP contribution in [0.2, 0.25) is 0 Å². The molecule has 5 aliphatic rings. The standard InChI is InChI=1S/C97H147N23O21S2/c1-8-9-31-67-93(138)117-45-21-35-74(117)90(135)104-57(6)81(126)115-72(53-121)88(133)113-70(51-59-25-11-10-12-26-59)86(131)116-73(89(134)111-68(33-16-18-43-99)94(139)120-48-24-38-77(120)95(140)118-46-22-36-75(118)91(136)106-63(80(100)125)39-40-78(123)124)54-143-142-49-41-66(84(129)112-69(50-55(2)3)85(130)108-65(34-20-44-103-97(101)102)82(127)107-64(83(128)110-67)32-15-17-42-98)109-87(132)71(52-61-29-19-28-60-27-13-14-30-62(60)61)114-92(137)76-37-23-47-119(76)96(141)79(56(4)5)105-58(7)122/h10-14,19,25-30,55-57,63-77,79,121H,8-9,15-18,20-24,31-54,98-99H2,1-7H3,(H2,100,125)(H,104,135)(H,105,122)(H,106,136)(H,107,127)(H,108,130)(H,109,132)(H,110,128)(H,111,134)(H,112,129)(H,113,133)(H,114,137)(H,115,126)(H,116,131)(H,123,124)(H4,101,102,103)/t57?,63-,64-,65-,66?,67-,68?,69-,70-,71-,72-,73-,74-,75-,76-,77-,79-/m0/s1. The molecule has 788 valence electrons. The molecule has 5 saturated heterocycles. The number of hydrogen-bond donors (Lipinski definition) is 21. The van der Waals surface area contributed by atoms with Crippen LogP contribution in [0.25, 0.3) is 10.8 Å². The van der Waals surface area contributed by atoms with Crippen LogP contribution in [0, 0.1) is 17.2 Å². The Labute approximate surface area is 841 Å². The fourth-order valence-electron chi connectivity index (χ4n) is 18.3. The Kier molecular flexibility index (Phi) is 47.4. The van der Waals surface area contributed by atoms with Crippen molar-refractivity contribution in [2.75, 3.05) is 63.9 Å². The van der Waals surface area contributed by atoms with Crippen LogP contribution in [0.1, 0.15) is 207 Å². The van der Waals surface area contributed by atoms with Crippen molar-refractivity contribution in [3.05, 3.63) is 83.9 Å². The normalized spacial score (nSPS) is 23.8. The van der Waals surface area contributed by atoms with Gasteiger partial charge in [0.1, 0.15) is 103 Å². The number of guanidine groups is 1. The molecule has 18 amide bonds. The molecule has 0 radical (unpaired) electrons. The number of rotatable bonds is 39.